The highest BCUT2D eigenvalue weighted by Crippen LogP contribution is 2.39. The van der Waals surface area contributed by atoms with E-state index in [1.54, 1.807) is 13.2 Å². The third-order valence-corrected chi connectivity index (χ3v) is 5.78. The van der Waals surface area contributed by atoms with Crippen molar-refractivity contribution in [3.05, 3.63) is 47.5 Å². The molecule has 1 aromatic heterocycles. The van der Waals surface area contributed by atoms with E-state index in [1.165, 1.54) is 11.3 Å². The summed E-state index contributed by atoms with van der Waals surface area (Å²) in [7, 11) is 5.49. The number of ether oxygens (including phenoxy) is 3. The van der Waals surface area contributed by atoms with Crippen LogP contribution in [0.4, 0.5) is 10.8 Å². The van der Waals surface area contributed by atoms with Crippen LogP contribution in [0.1, 0.15) is 22.0 Å². The number of fused-ring (bicyclic) bond motifs is 1. The van der Waals surface area contributed by atoms with Crippen LogP contribution in [0.25, 0.3) is 10.2 Å². The smallest absolute Gasteiger partial charge is 0.257 e. The zero-order valence-corrected chi connectivity index (χ0v) is 17.4. The summed E-state index contributed by atoms with van der Waals surface area (Å²) in [6.45, 7) is 1.66. The standard InChI is InChI=1S/C21H23N3O4S/c1-24(2)14-6-4-5-13(11-14)20(25)23-21-22-18-16(26-3)8-7-15(19(18)29-21)17-12-27-9-10-28-17/h4-8,11,17H,9-10,12H2,1-3H3,(H,22,23,25). The highest BCUT2D eigenvalue weighted by atomic mass is 32.1. The number of hydrogen-bond acceptors (Lipinski definition) is 7. The Morgan fingerprint density at radius 1 is 1.28 bits per heavy atom. The van der Waals surface area contributed by atoms with Crippen LogP contribution < -0.4 is 15.0 Å². The fraction of sp³-hybridized carbons (Fsp3) is 0.333. The Balaban J connectivity index is 1.66. The second kappa shape index (κ2) is 8.36. The topological polar surface area (TPSA) is 72.9 Å². The highest BCUT2D eigenvalue weighted by Gasteiger charge is 2.23. The van der Waals surface area contributed by atoms with Crippen molar-refractivity contribution in [3.8, 4) is 5.75 Å². The second-order valence-corrected chi connectivity index (χ2v) is 7.89. The van der Waals surface area contributed by atoms with Gasteiger partial charge in [0.15, 0.2) is 5.13 Å². The summed E-state index contributed by atoms with van der Waals surface area (Å²) in [5, 5.41) is 3.43. The van der Waals surface area contributed by atoms with Gasteiger partial charge in [-0.3, -0.25) is 10.1 Å². The number of anilines is 2. The first-order valence-corrected chi connectivity index (χ1v) is 10.1. The number of carbonyl (C=O) groups excluding carboxylic acids is 1. The molecule has 1 atom stereocenters. The molecule has 1 amide bonds. The third-order valence-electron chi connectivity index (χ3n) is 4.76. The van der Waals surface area contributed by atoms with Crippen molar-refractivity contribution in [1.82, 2.24) is 4.98 Å². The summed E-state index contributed by atoms with van der Waals surface area (Å²) in [6.07, 6.45) is -0.155. The highest BCUT2D eigenvalue weighted by molar-refractivity contribution is 7.22. The molecule has 4 rings (SSSR count). The van der Waals surface area contributed by atoms with Gasteiger partial charge in [0.25, 0.3) is 5.91 Å². The molecule has 0 bridgehead atoms. The summed E-state index contributed by atoms with van der Waals surface area (Å²) >= 11 is 1.41. The van der Waals surface area contributed by atoms with Crippen molar-refractivity contribution in [2.75, 3.05) is 51.2 Å². The van der Waals surface area contributed by atoms with Gasteiger partial charge in [-0.25, -0.2) is 4.98 Å². The van der Waals surface area contributed by atoms with E-state index in [4.69, 9.17) is 14.2 Å². The molecule has 8 heteroatoms. The molecule has 1 saturated heterocycles. The van der Waals surface area contributed by atoms with Crippen molar-refractivity contribution in [2.45, 2.75) is 6.10 Å². The minimum absolute atomic E-state index is 0.155. The van der Waals surface area contributed by atoms with Gasteiger partial charge in [-0.15, -0.1) is 0 Å². The largest absolute Gasteiger partial charge is 0.494 e. The lowest BCUT2D eigenvalue weighted by atomic mass is 10.1. The van der Waals surface area contributed by atoms with Crippen molar-refractivity contribution in [3.63, 3.8) is 0 Å². The Hall–Kier alpha value is -2.68. The molecule has 1 aliphatic rings. The van der Waals surface area contributed by atoms with Crippen LogP contribution in [-0.4, -0.2) is 51.9 Å². The average Bonchev–Trinajstić information content (AvgIpc) is 3.17. The molecule has 0 radical (unpaired) electrons. The van der Waals surface area contributed by atoms with Gasteiger partial charge in [-0.05, 0) is 24.3 Å². The van der Waals surface area contributed by atoms with E-state index in [-0.39, 0.29) is 12.0 Å². The second-order valence-electron chi connectivity index (χ2n) is 6.89. The van der Waals surface area contributed by atoms with Crippen molar-refractivity contribution in [1.29, 1.82) is 0 Å². The van der Waals surface area contributed by atoms with E-state index in [9.17, 15) is 4.79 Å². The van der Waals surface area contributed by atoms with Crippen molar-refractivity contribution in [2.24, 2.45) is 0 Å². The molecule has 2 heterocycles. The average molecular weight is 413 g/mol. The number of rotatable bonds is 5. The molecule has 0 saturated carbocycles. The van der Waals surface area contributed by atoms with Crippen molar-refractivity contribution < 1.29 is 19.0 Å². The maximum atomic E-state index is 12.8. The fourth-order valence-corrected chi connectivity index (χ4v) is 4.27. The number of carbonyl (C=O) groups is 1. The molecule has 152 valence electrons. The van der Waals surface area contributed by atoms with Gasteiger partial charge in [0, 0.05) is 30.9 Å². The van der Waals surface area contributed by atoms with Crippen LogP contribution in [-0.2, 0) is 9.47 Å². The lowest BCUT2D eigenvalue weighted by Gasteiger charge is -2.23. The number of benzene rings is 2. The van der Waals surface area contributed by atoms with Crippen LogP contribution in [0.15, 0.2) is 36.4 Å². The van der Waals surface area contributed by atoms with Gasteiger partial charge in [-0.1, -0.05) is 23.5 Å². The summed E-state index contributed by atoms with van der Waals surface area (Å²) < 4.78 is 17.8. The number of methoxy groups -OCH3 is 1. The van der Waals surface area contributed by atoms with E-state index >= 15 is 0 Å². The van der Waals surface area contributed by atoms with Crippen LogP contribution in [0.3, 0.4) is 0 Å². The minimum atomic E-state index is -0.203. The maximum Gasteiger partial charge on any atom is 0.257 e. The quantitative estimate of drug-likeness (QED) is 0.687. The molecule has 1 aliphatic heterocycles. The Morgan fingerprint density at radius 2 is 2.14 bits per heavy atom. The van der Waals surface area contributed by atoms with Crippen LogP contribution in [0.2, 0.25) is 0 Å². The summed E-state index contributed by atoms with van der Waals surface area (Å²) in [6, 6.07) is 11.3. The molecule has 2 aromatic carbocycles. The van der Waals surface area contributed by atoms with E-state index in [0.717, 1.165) is 16.0 Å². The van der Waals surface area contributed by atoms with Gasteiger partial charge >= 0.3 is 0 Å². The molecule has 1 fully saturated rings. The van der Waals surface area contributed by atoms with E-state index in [2.05, 4.69) is 10.3 Å². The predicted octanol–water partition coefficient (Wildman–Crippen LogP) is 3.71. The molecule has 1 unspecified atom stereocenters. The molecular weight excluding hydrogens is 390 g/mol. The maximum absolute atomic E-state index is 12.8. The Morgan fingerprint density at radius 3 is 2.86 bits per heavy atom. The first kappa shape index (κ1) is 19.6. The fourth-order valence-electron chi connectivity index (χ4n) is 3.24. The van der Waals surface area contributed by atoms with Gasteiger partial charge in [0.2, 0.25) is 0 Å². The number of nitrogens with zero attached hydrogens (tertiary/aromatic N) is 2. The van der Waals surface area contributed by atoms with Crippen LogP contribution in [0, 0.1) is 0 Å². The monoisotopic (exact) mass is 413 g/mol. The third kappa shape index (κ3) is 4.05. The van der Waals surface area contributed by atoms with E-state index in [0.29, 0.717) is 41.8 Å². The van der Waals surface area contributed by atoms with Crippen molar-refractivity contribution >= 4 is 38.3 Å². The molecule has 1 N–H and O–H groups in total. The number of aromatic nitrogens is 1. The minimum Gasteiger partial charge on any atom is -0.494 e. The number of hydrogen-bond donors (Lipinski definition) is 1. The molecule has 29 heavy (non-hydrogen) atoms. The first-order chi connectivity index (χ1) is 14.1. The lowest BCUT2D eigenvalue weighted by molar-refractivity contribution is -0.0895. The van der Waals surface area contributed by atoms with Gasteiger partial charge < -0.3 is 19.1 Å². The Bertz CT molecular complexity index is 1030. The normalized spacial score (nSPS) is 16.6. The van der Waals surface area contributed by atoms with E-state index in [1.807, 2.05) is 49.3 Å². The molecular formula is C21H23N3O4S. The Kier molecular flexibility index (Phi) is 5.66. The van der Waals surface area contributed by atoms with Gasteiger partial charge in [-0.2, -0.15) is 0 Å². The lowest BCUT2D eigenvalue weighted by Crippen LogP contribution is -2.21. The predicted molar refractivity (Wildman–Crippen MR) is 114 cm³/mol. The summed E-state index contributed by atoms with van der Waals surface area (Å²) in [4.78, 5) is 19.3. The van der Waals surface area contributed by atoms with Gasteiger partial charge in [0.1, 0.15) is 17.4 Å². The summed E-state index contributed by atoms with van der Waals surface area (Å²) in [5.41, 5.74) is 3.24. The molecule has 3 aromatic rings. The molecule has 7 nitrogen and oxygen atoms in total. The number of nitrogens with one attached hydrogen (secondary N) is 1. The molecule has 0 aliphatic carbocycles. The zero-order valence-electron chi connectivity index (χ0n) is 16.6. The number of thiazole rings is 1. The molecule has 0 spiro atoms. The van der Waals surface area contributed by atoms with Crippen LogP contribution in [0.5, 0.6) is 5.75 Å². The summed E-state index contributed by atoms with van der Waals surface area (Å²) in [5.74, 6) is 0.456. The van der Waals surface area contributed by atoms with Gasteiger partial charge in [0.05, 0.1) is 31.6 Å². The zero-order chi connectivity index (χ0) is 20.4. The van der Waals surface area contributed by atoms with Crippen LogP contribution >= 0.6 is 11.3 Å². The SMILES string of the molecule is COc1ccc(C2COCCO2)c2sc(NC(=O)c3cccc(N(C)C)c3)nc12. The number of amides is 1. The van der Waals surface area contributed by atoms with E-state index < -0.39 is 0 Å². The Labute approximate surface area is 173 Å². The first-order valence-electron chi connectivity index (χ1n) is 9.32.